The Morgan fingerprint density at radius 3 is 2.62 bits per heavy atom. The van der Waals surface area contributed by atoms with E-state index < -0.39 is 0 Å². The van der Waals surface area contributed by atoms with Gasteiger partial charge < -0.3 is 15.4 Å². The van der Waals surface area contributed by atoms with E-state index in [0.717, 1.165) is 32.2 Å². The molecule has 16 heavy (non-hydrogen) atoms. The van der Waals surface area contributed by atoms with Crippen LogP contribution in [0.25, 0.3) is 0 Å². The Labute approximate surface area is 98.7 Å². The van der Waals surface area contributed by atoms with E-state index in [1.165, 1.54) is 32.5 Å². The van der Waals surface area contributed by atoms with Crippen LogP contribution in [0, 0.1) is 5.92 Å². The standard InChI is InChI=1S/C12H25N3O/c1-14(10-11-8-12(13)9-11)2-3-15-4-6-16-7-5-15/h11-12H,2-10,13H2,1H3. The molecule has 0 bridgehead atoms. The molecule has 0 atom stereocenters. The lowest BCUT2D eigenvalue weighted by Gasteiger charge is -2.36. The van der Waals surface area contributed by atoms with Crippen LogP contribution in [0.4, 0.5) is 0 Å². The molecule has 0 unspecified atom stereocenters. The lowest BCUT2D eigenvalue weighted by Crippen LogP contribution is -2.44. The molecule has 1 saturated heterocycles. The molecule has 1 aliphatic carbocycles. The van der Waals surface area contributed by atoms with Crippen LogP contribution in [0.5, 0.6) is 0 Å². The third-order valence-corrected chi connectivity index (χ3v) is 3.74. The summed E-state index contributed by atoms with van der Waals surface area (Å²) < 4.78 is 5.34. The minimum absolute atomic E-state index is 0.484. The number of hydrogen-bond donors (Lipinski definition) is 1. The number of likely N-dealkylation sites (N-methyl/N-ethyl adjacent to an activating group) is 1. The third-order valence-electron chi connectivity index (χ3n) is 3.74. The van der Waals surface area contributed by atoms with Gasteiger partial charge in [-0.05, 0) is 25.8 Å². The zero-order valence-electron chi connectivity index (χ0n) is 10.4. The highest BCUT2D eigenvalue weighted by Gasteiger charge is 2.26. The first kappa shape index (κ1) is 12.3. The smallest absolute Gasteiger partial charge is 0.0594 e. The summed E-state index contributed by atoms with van der Waals surface area (Å²) in [5.74, 6) is 0.852. The lowest BCUT2D eigenvalue weighted by molar-refractivity contribution is 0.0330. The minimum Gasteiger partial charge on any atom is -0.379 e. The summed E-state index contributed by atoms with van der Waals surface area (Å²) in [4.78, 5) is 4.94. The van der Waals surface area contributed by atoms with Gasteiger partial charge in [0.15, 0.2) is 0 Å². The van der Waals surface area contributed by atoms with Gasteiger partial charge in [0, 0.05) is 38.8 Å². The summed E-state index contributed by atoms with van der Waals surface area (Å²) >= 11 is 0. The van der Waals surface area contributed by atoms with Crippen molar-refractivity contribution in [1.82, 2.24) is 9.80 Å². The fourth-order valence-corrected chi connectivity index (χ4v) is 2.61. The molecule has 94 valence electrons. The Bertz CT molecular complexity index is 200. The molecule has 0 aromatic rings. The van der Waals surface area contributed by atoms with Crippen LogP contribution in [0.1, 0.15) is 12.8 Å². The highest BCUT2D eigenvalue weighted by molar-refractivity contribution is 4.83. The van der Waals surface area contributed by atoms with Gasteiger partial charge in [0.05, 0.1) is 13.2 Å². The first-order chi connectivity index (χ1) is 7.74. The van der Waals surface area contributed by atoms with Crippen molar-refractivity contribution >= 4 is 0 Å². The first-order valence-electron chi connectivity index (χ1n) is 6.48. The number of ether oxygens (including phenoxy) is 1. The van der Waals surface area contributed by atoms with Gasteiger partial charge in [-0.1, -0.05) is 0 Å². The van der Waals surface area contributed by atoms with Crippen LogP contribution in [0.15, 0.2) is 0 Å². The molecule has 0 aromatic heterocycles. The van der Waals surface area contributed by atoms with Gasteiger partial charge in [0.25, 0.3) is 0 Å². The van der Waals surface area contributed by atoms with E-state index >= 15 is 0 Å². The lowest BCUT2D eigenvalue weighted by atomic mass is 9.81. The second kappa shape index (κ2) is 5.96. The fraction of sp³-hybridized carbons (Fsp3) is 1.00. The zero-order valence-corrected chi connectivity index (χ0v) is 10.4. The topological polar surface area (TPSA) is 41.7 Å². The summed E-state index contributed by atoms with van der Waals surface area (Å²) in [6.45, 7) is 7.58. The Morgan fingerprint density at radius 1 is 1.31 bits per heavy atom. The van der Waals surface area contributed by atoms with E-state index in [4.69, 9.17) is 10.5 Å². The maximum Gasteiger partial charge on any atom is 0.0594 e. The van der Waals surface area contributed by atoms with Gasteiger partial charge in [-0.2, -0.15) is 0 Å². The van der Waals surface area contributed by atoms with Crippen molar-refractivity contribution in [1.29, 1.82) is 0 Å². The van der Waals surface area contributed by atoms with Crippen LogP contribution in [-0.4, -0.2) is 68.8 Å². The monoisotopic (exact) mass is 227 g/mol. The van der Waals surface area contributed by atoms with Crippen LogP contribution in [0.3, 0.4) is 0 Å². The summed E-state index contributed by atoms with van der Waals surface area (Å²) in [5.41, 5.74) is 5.79. The molecule has 4 nitrogen and oxygen atoms in total. The molecular weight excluding hydrogens is 202 g/mol. The van der Waals surface area contributed by atoms with Crippen molar-refractivity contribution in [2.24, 2.45) is 11.7 Å². The molecule has 4 heteroatoms. The van der Waals surface area contributed by atoms with E-state index in [-0.39, 0.29) is 0 Å². The van der Waals surface area contributed by atoms with Crippen LogP contribution in [0.2, 0.25) is 0 Å². The summed E-state index contributed by atoms with van der Waals surface area (Å²) in [5, 5.41) is 0. The summed E-state index contributed by atoms with van der Waals surface area (Å²) in [6.07, 6.45) is 2.45. The molecular formula is C12H25N3O. The number of rotatable bonds is 5. The molecule has 2 fully saturated rings. The van der Waals surface area contributed by atoms with Crippen molar-refractivity contribution in [2.75, 3.05) is 53.0 Å². The molecule has 1 aliphatic heterocycles. The van der Waals surface area contributed by atoms with E-state index in [0.29, 0.717) is 6.04 Å². The van der Waals surface area contributed by atoms with Crippen molar-refractivity contribution in [2.45, 2.75) is 18.9 Å². The number of morpholine rings is 1. The van der Waals surface area contributed by atoms with Crippen molar-refractivity contribution in [3.05, 3.63) is 0 Å². The van der Waals surface area contributed by atoms with E-state index in [9.17, 15) is 0 Å². The van der Waals surface area contributed by atoms with Crippen LogP contribution >= 0.6 is 0 Å². The largest absolute Gasteiger partial charge is 0.379 e. The molecule has 1 saturated carbocycles. The molecule has 1 heterocycles. The molecule has 2 aliphatic rings. The van der Waals surface area contributed by atoms with Crippen LogP contribution < -0.4 is 5.73 Å². The van der Waals surface area contributed by atoms with Crippen molar-refractivity contribution < 1.29 is 4.74 Å². The van der Waals surface area contributed by atoms with Crippen molar-refractivity contribution in [3.63, 3.8) is 0 Å². The molecule has 0 radical (unpaired) electrons. The molecule has 2 rings (SSSR count). The van der Waals surface area contributed by atoms with Gasteiger partial charge in [-0.25, -0.2) is 0 Å². The number of nitrogens with zero attached hydrogens (tertiary/aromatic N) is 2. The number of nitrogens with two attached hydrogens (primary N) is 1. The predicted molar refractivity (Wildman–Crippen MR) is 65.5 cm³/mol. The van der Waals surface area contributed by atoms with E-state index in [2.05, 4.69) is 16.8 Å². The normalized spacial score (nSPS) is 31.7. The number of hydrogen-bond acceptors (Lipinski definition) is 4. The second-order valence-electron chi connectivity index (χ2n) is 5.31. The average Bonchev–Trinajstić information content (AvgIpc) is 2.26. The molecule has 0 aromatic carbocycles. The Morgan fingerprint density at radius 2 is 2.00 bits per heavy atom. The van der Waals surface area contributed by atoms with Gasteiger partial charge in [-0.3, -0.25) is 4.90 Å². The third kappa shape index (κ3) is 3.70. The van der Waals surface area contributed by atoms with E-state index in [1.54, 1.807) is 0 Å². The quantitative estimate of drug-likeness (QED) is 0.717. The van der Waals surface area contributed by atoms with Gasteiger partial charge in [0.1, 0.15) is 0 Å². The van der Waals surface area contributed by atoms with Crippen molar-refractivity contribution in [3.8, 4) is 0 Å². The van der Waals surface area contributed by atoms with Gasteiger partial charge in [0.2, 0.25) is 0 Å². The average molecular weight is 227 g/mol. The molecule has 0 spiro atoms. The second-order valence-corrected chi connectivity index (χ2v) is 5.31. The summed E-state index contributed by atoms with van der Waals surface area (Å²) in [6, 6.07) is 0.484. The van der Waals surface area contributed by atoms with Gasteiger partial charge in [-0.15, -0.1) is 0 Å². The molecule has 0 amide bonds. The first-order valence-corrected chi connectivity index (χ1v) is 6.48. The molecule has 2 N–H and O–H groups in total. The van der Waals surface area contributed by atoms with E-state index in [1.807, 2.05) is 0 Å². The predicted octanol–water partition coefficient (Wildman–Crippen LogP) is -0.0123. The fourth-order valence-electron chi connectivity index (χ4n) is 2.61. The van der Waals surface area contributed by atoms with Crippen LogP contribution in [-0.2, 0) is 4.74 Å². The Hall–Kier alpha value is -0.160. The SMILES string of the molecule is CN(CCN1CCOCC1)CC1CC(N)C1. The minimum atomic E-state index is 0.484. The Kier molecular flexibility index (Phi) is 4.58. The Balaban J connectivity index is 1.54. The highest BCUT2D eigenvalue weighted by atomic mass is 16.5. The maximum atomic E-state index is 5.79. The highest BCUT2D eigenvalue weighted by Crippen LogP contribution is 2.25. The zero-order chi connectivity index (χ0) is 11.4. The van der Waals surface area contributed by atoms with Gasteiger partial charge >= 0.3 is 0 Å². The summed E-state index contributed by atoms with van der Waals surface area (Å²) in [7, 11) is 2.23. The maximum absolute atomic E-state index is 5.79.